The average Bonchev–Trinajstić information content (AvgIpc) is 2.94. The topological polar surface area (TPSA) is 54.9 Å². The maximum Gasteiger partial charge on any atom is 0.228 e. The molecule has 2 aliphatic rings. The van der Waals surface area contributed by atoms with Gasteiger partial charge in [0.15, 0.2) is 5.82 Å². The summed E-state index contributed by atoms with van der Waals surface area (Å²) >= 11 is 0. The minimum absolute atomic E-state index is 0.0242. The molecule has 2 atom stereocenters. The second-order valence-electron chi connectivity index (χ2n) is 7.05. The minimum Gasteiger partial charge on any atom is -0.309 e. The summed E-state index contributed by atoms with van der Waals surface area (Å²) in [6.07, 6.45) is 9.97. The Morgan fingerprint density at radius 1 is 1.18 bits per heavy atom. The molecule has 1 N–H and O–H groups in total. The second-order valence-corrected chi connectivity index (χ2v) is 7.05. The molecule has 0 spiro atoms. The highest BCUT2D eigenvalue weighted by atomic mass is 16.1. The van der Waals surface area contributed by atoms with Crippen LogP contribution in [0.5, 0.6) is 0 Å². The van der Waals surface area contributed by atoms with Crippen LogP contribution in [0.2, 0.25) is 0 Å². The van der Waals surface area contributed by atoms with Crippen LogP contribution in [0.25, 0.3) is 5.57 Å². The second kappa shape index (κ2) is 6.19. The number of carbonyl (C=O) groups excluding carboxylic acids is 1. The number of fused-ring (bicyclic) bond motifs is 1. The SMILES string of the molecule is CC1=C(c2cnc(NC(=O)C(C)C)cn2)CC2CCCC2C1. The number of hydrogen-bond acceptors (Lipinski definition) is 3. The molecule has 0 aliphatic heterocycles. The molecule has 2 unspecified atom stereocenters. The Labute approximate surface area is 132 Å². The van der Waals surface area contributed by atoms with Gasteiger partial charge in [0.25, 0.3) is 0 Å². The maximum atomic E-state index is 11.7. The summed E-state index contributed by atoms with van der Waals surface area (Å²) in [4.78, 5) is 20.6. The number of hydrogen-bond donors (Lipinski definition) is 1. The number of aromatic nitrogens is 2. The number of allylic oxidation sites excluding steroid dienone is 2. The van der Waals surface area contributed by atoms with E-state index in [1.165, 1.54) is 36.8 Å². The lowest BCUT2D eigenvalue weighted by molar-refractivity contribution is -0.118. The highest BCUT2D eigenvalue weighted by molar-refractivity contribution is 5.91. The zero-order valence-electron chi connectivity index (χ0n) is 13.7. The van der Waals surface area contributed by atoms with Crippen molar-refractivity contribution in [3.63, 3.8) is 0 Å². The highest BCUT2D eigenvalue weighted by Gasteiger charge is 2.33. The predicted molar refractivity (Wildman–Crippen MR) is 88.2 cm³/mol. The van der Waals surface area contributed by atoms with Crippen LogP contribution in [0.3, 0.4) is 0 Å². The molecule has 4 nitrogen and oxygen atoms in total. The first-order valence-corrected chi connectivity index (χ1v) is 8.36. The molecule has 1 amide bonds. The number of nitrogens with one attached hydrogen (secondary N) is 1. The van der Waals surface area contributed by atoms with Crippen LogP contribution in [0, 0.1) is 17.8 Å². The van der Waals surface area contributed by atoms with Gasteiger partial charge in [-0.1, -0.05) is 25.8 Å². The molecular formula is C18H25N3O. The van der Waals surface area contributed by atoms with E-state index in [-0.39, 0.29) is 11.8 Å². The van der Waals surface area contributed by atoms with Crippen molar-refractivity contribution in [2.24, 2.45) is 17.8 Å². The van der Waals surface area contributed by atoms with E-state index < -0.39 is 0 Å². The molecule has 2 aliphatic carbocycles. The molecule has 1 aromatic heterocycles. The van der Waals surface area contributed by atoms with Crippen molar-refractivity contribution < 1.29 is 4.79 Å². The molecule has 0 radical (unpaired) electrons. The Bertz CT molecular complexity index is 589. The van der Waals surface area contributed by atoms with Gasteiger partial charge < -0.3 is 5.32 Å². The van der Waals surface area contributed by atoms with Crippen LogP contribution < -0.4 is 5.32 Å². The molecule has 1 fully saturated rings. The zero-order chi connectivity index (χ0) is 15.7. The Balaban J connectivity index is 1.75. The third kappa shape index (κ3) is 3.06. The number of anilines is 1. The van der Waals surface area contributed by atoms with Crippen LogP contribution in [0.4, 0.5) is 5.82 Å². The van der Waals surface area contributed by atoms with E-state index >= 15 is 0 Å². The smallest absolute Gasteiger partial charge is 0.228 e. The Morgan fingerprint density at radius 3 is 2.55 bits per heavy atom. The van der Waals surface area contributed by atoms with Crippen LogP contribution >= 0.6 is 0 Å². The third-order valence-corrected chi connectivity index (χ3v) is 5.10. The van der Waals surface area contributed by atoms with Crippen molar-refractivity contribution >= 4 is 17.3 Å². The molecule has 0 bridgehead atoms. The van der Waals surface area contributed by atoms with Crippen molar-refractivity contribution in [2.75, 3.05) is 5.32 Å². The number of nitrogens with zero attached hydrogens (tertiary/aromatic N) is 2. The molecule has 1 heterocycles. The summed E-state index contributed by atoms with van der Waals surface area (Å²) in [6, 6.07) is 0. The first kappa shape index (κ1) is 15.2. The van der Waals surface area contributed by atoms with Crippen molar-refractivity contribution in [1.29, 1.82) is 0 Å². The number of carbonyl (C=O) groups is 1. The number of amides is 1. The maximum absolute atomic E-state index is 11.7. The van der Waals surface area contributed by atoms with Gasteiger partial charge in [-0.25, -0.2) is 4.98 Å². The lowest BCUT2D eigenvalue weighted by Gasteiger charge is -2.28. The zero-order valence-corrected chi connectivity index (χ0v) is 13.7. The van der Waals surface area contributed by atoms with Crippen molar-refractivity contribution in [3.8, 4) is 0 Å². The molecule has 118 valence electrons. The van der Waals surface area contributed by atoms with Crippen molar-refractivity contribution in [2.45, 2.75) is 52.9 Å². The van der Waals surface area contributed by atoms with Crippen LogP contribution in [-0.4, -0.2) is 15.9 Å². The van der Waals surface area contributed by atoms with Crippen molar-refractivity contribution in [1.82, 2.24) is 9.97 Å². The van der Waals surface area contributed by atoms with Gasteiger partial charge in [-0.3, -0.25) is 9.78 Å². The average molecular weight is 299 g/mol. The van der Waals surface area contributed by atoms with Gasteiger partial charge >= 0.3 is 0 Å². The Hall–Kier alpha value is -1.71. The fourth-order valence-corrected chi connectivity index (χ4v) is 3.75. The van der Waals surface area contributed by atoms with Gasteiger partial charge in [-0.15, -0.1) is 0 Å². The summed E-state index contributed by atoms with van der Waals surface area (Å²) in [6.45, 7) is 5.97. The monoisotopic (exact) mass is 299 g/mol. The molecule has 22 heavy (non-hydrogen) atoms. The van der Waals surface area contributed by atoms with E-state index in [9.17, 15) is 4.79 Å². The number of rotatable bonds is 3. The first-order chi connectivity index (χ1) is 10.5. The summed E-state index contributed by atoms with van der Waals surface area (Å²) in [7, 11) is 0. The van der Waals surface area contributed by atoms with E-state index in [1.54, 1.807) is 6.20 Å². The van der Waals surface area contributed by atoms with Crippen molar-refractivity contribution in [3.05, 3.63) is 23.7 Å². The van der Waals surface area contributed by atoms with Crippen LogP contribution in [0.1, 0.15) is 58.6 Å². The fourth-order valence-electron chi connectivity index (χ4n) is 3.75. The van der Waals surface area contributed by atoms with Gasteiger partial charge in [0, 0.05) is 5.92 Å². The Morgan fingerprint density at radius 2 is 1.91 bits per heavy atom. The van der Waals surface area contributed by atoms with E-state index in [0.717, 1.165) is 24.0 Å². The highest BCUT2D eigenvalue weighted by Crippen LogP contribution is 2.46. The molecular weight excluding hydrogens is 274 g/mol. The van der Waals surface area contributed by atoms with Crippen LogP contribution in [0.15, 0.2) is 18.0 Å². The van der Waals surface area contributed by atoms with Gasteiger partial charge in [0.05, 0.1) is 18.1 Å². The molecule has 0 aromatic carbocycles. The largest absolute Gasteiger partial charge is 0.309 e. The molecule has 0 saturated heterocycles. The summed E-state index contributed by atoms with van der Waals surface area (Å²) < 4.78 is 0. The molecule has 1 aromatic rings. The standard InChI is InChI=1S/C18H25N3O/c1-11(2)18(22)21-17-10-19-16(9-20-17)15-8-14-6-4-5-13(14)7-12(15)3/h9-11,13-14H,4-8H2,1-3H3,(H,20,21,22). The lowest BCUT2D eigenvalue weighted by atomic mass is 9.77. The molecule has 3 rings (SSSR count). The van der Waals surface area contributed by atoms with E-state index in [2.05, 4.69) is 22.2 Å². The molecule has 4 heteroatoms. The van der Waals surface area contributed by atoms with Gasteiger partial charge in [-0.05, 0) is 50.0 Å². The van der Waals surface area contributed by atoms with E-state index in [4.69, 9.17) is 0 Å². The van der Waals surface area contributed by atoms with Crippen LogP contribution in [-0.2, 0) is 4.79 Å². The van der Waals surface area contributed by atoms with Gasteiger partial charge in [0.1, 0.15) is 0 Å². The normalized spacial score (nSPS) is 24.5. The van der Waals surface area contributed by atoms with Gasteiger partial charge in [0.2, 0.25) is 5.91 Å². The summed E-state index contributed by atoms with van der Waals surface area (Å²) in [5.41, 5.74) is 3.82. The van der Waals surface area contributed by atoms with E-state index in [0.29, 0.717) is 5.82 Å². The third-order valence-electron chi connectivity index (χ3n) is 5.10. The quantitative estimate of drug-likeness (QED) is 0.916. The lowest BCUT2D eigenvalue weighted by Crippen LogP contribution is -2.19. The minimum atomic E-state index is -0.0518. The predicted octanol–water partition coefficient (Wildman–Crippen LogP) is 4.05. The van der Waals surface area contributed by atoms with E-state index in [1.807, 2.05) is 20.0 Å². The summed E-state index contributed by atoms with van der Waals surface area (Å²) in [5, 5.41) is 2.79. The molecule has 1 saturated carbocycles. The first-order valence-electron chi connectivity index (χ1n) is 8.36. The summed E-state index contributed by atoms with van der Waals surface area (Å²) in [5.74, 6) is 2.19. The van der Waals surface area contributed by atoms with Gasteiger partial charge in [-0.2, -0.15) is 0 Å². The Kier molecular flexibility index (Phi) is 4.27. The fraction of sp³-hybridized carbons (Fsp3) is 0.611.